The molecule has 1 heterocycles. The number of hydrogen-bond acceptors (Lipinski definition) is 4. The normalized spacial score (nSPS) is 21.1. The van der Waals surface area contributed by atoms with Gasteiger partial charge in [-0.1, -0.05) is 13.8 Å². The summed E-state index contributed by atoms with van der Waals surface area (Å²) >= 11 is 0. The first-order valence-electron chi connectivity index (χ1n) is 5.01. The molecule has 1 aliphatic rings. The van der Waals surface area contributed by atoms with E-state index in [9.17, 15) is 0 Å². The summed E-state index contributed by atoms with van der Waals surface area (Å²) in [7, 11) is 0. The molecule has 0 spiro atoms. The van der Waals surface area contributed by atoms with Gasteiger partial charge in [0.25, 0.3) is 0 Å². The fourth-order valence-corrected chi connectivity index (χ4v) is 0.998. The lowest BCUT2D eigenvalue weighted by Gasteiger charge is -2.30. The number of hydrogen-bond donors (Lipinski definition) is 2. The number of nitrogens with zero attached hydrogens (tertiary/aromatic N) is 1. The Morgan fingerprint density at radius 3 is 2.50 bits per heavy atom. The zero-order valence-corrected chi connectivity index (χ0v) is 9.77. The van der Waals surface area contributed by atoms with Crippen LogP contribution in [0.15, 0.2) is 4.99 Å². The lowest BCUT2D eigenvalue weighted by atomic mass is 9.93. The van der Waals surface area contributed by atoms with Crippen molar-refractivity contribution in [2.45, 2.75) is 40.2 Å². The number of rotatable bonds is 1. The maximum absolute atomic E-state index is 5.39. The van der Waals surface area contributed by atoms with Crippen LogP contribution in [0.25, 0.3) is 0 Å². The topological polar surface area (TPSA) is 45.7 Å². The molecule has 4 heteroatoms. The van der Waals surface area contributed by atoms with E-state index in [1.165, 1.54) is 0 Å². The highest BCUT2D eigenvalue weighted by atomic mass is 16.7. The first kappa shape index (κ1) is 11.3. The van der Waals surface area contributed by atoms with E-state index in [0.717, 1.165) is 19.0 Å². The van der Waals surface area contributed by atoms with Crippen molar-refractivity contribution in [1.29, 1.82) is 0 Å². The minimum atomic E-state index is -0.197. The number of aliphatic imine (C=N–C) groups is 1. The third kappa shape index (κ3) is 3.96. The van der Waals surface area contributed by atoms with Crippen LogP contribution in [0.4, 0.5) is 0 Å². The van der Waals surface area contributed by atoms with Gasteiger partial charge in [-0.2, -0.15) is 0 Å². The SMILES string of the molecule is CC1(C)CN=C(NOC(C)(C)C)NC1. The summed E-state index contributed by atoms with van der Waals surface area (Å²) in [5.74, 6) is 0.735. The molecule has 0 amide bonds. The molecule has 1 rings (SSSR count). The van der Waals surface area contributed by atoms with Gasteiger partial charge in [-0.15, -0.1) is 0 Å². The van der Waals surface area contributed by atoms with Crippen LogP contribution < -0.4 is 10.8 Å². The fraction of sp³-hybridized carbons (Fsp3) is 0.900. The third-order valence-electron chi connectivity index (χ3n) is 1.85. The van der Waals surface area contributed by atoms with E-state index in [0.29, 0.717) is 0 Å². The molecule has 0 atom stereocenters. The number of nitrogens with one attached hydrogen (secondary N) is 2. The van der Waals surface area contributed by atoms with Gasteiger partial charge in [0.2, 0.25) is 5.96 Å². The highest BCUT2D eigenvalue weighted by molar-refractivity contribution is 5.79. The van der Waals surface area contributed by atoms with E-state index in [4.69, 9.17) is 4.84 Å². The van der Waals surface area contributed by atoms with Crippen molar-refractivity contribution in [2.75, 3.05) is 13.1 Å². The van der Waals surface area contributed by atoms with E-state index >= 15 is 0 Å². The van der Waals surface area contributed by atoms with E-state index in [1.807, 2.05) is 20.8 Å². The fourth-order valence-electron chi connectivity index (χ4n) is 0.998. The number of hydroxylamine groups is 1. The lowest BCUT2D eigenvalue weighted by Crippen LogP contribution is -2.48. The molecule has 0 aromatic rings. The highest BCUT2D eigenvalue weighted by Gasteiger charge is 2.22. The van der Waals surface area contributed by atoms with Crippen LogP contribution in [0.1, 0.15) is 34.6 Å². The Hall–Kier alpha value is -0.770. The average Bonchev–Trinajstić information content (AvgIpc) is 2.01. The van der Waals surface area contributed by atoms with Gasteiger partial charge in [0.05, 0.1) is 5.60 Å². The van der Waals surface area contributed by atoms with Crippen molar-refractivity contribution in [1.82, 2.24) is 10.8 Å². The molecule has 0 saturated heterocycles. The van der Waals surface area contributed by atoms with Crippen LogP contribution in [0.5, 0.6) is 0 Å². The summed E-state index contributed by atoms with van der Waals surface area (Å²) < 4.78 is 0. The highest BCUT2D eigenvalue weighted by Crippen LogP contribution is 2.16. The molecule has 0 aliphatic carbocycles. The van der Waals surface area contributed by atoms with Crippen molar-refractivity contribution in [3.8, 4) is 0 Å². The second-order valence-corrected chi connectivity index (χ2v) is 5.50. The Kier molecular flexibility index (Phi) is 3.04. The van der Waals surface area contributed by atoms with Gasteiger partial charge >= 0.3 is 0 Å². The van der Waals surface area contributed by atoms with E-state index in [2.05, 4.69) is 29.6 Å². The summed E-state index contributed by atoms with van der Waals surface area (Å²) in [6.45, 7) is 12.1. The molecule has 0 aromatic heterocycles. The Balaban J connectivity index is 2.38. The van der Waals surface area contributed by atoms with E-state index in [1.54, 1.807) is 0 Å². The molecule has 0 radical (unpaired) electrons. The summed E-state index contributed by atoms with van der Waals surface area (Å²) in [4.78, 5) is 9.75. The molecular weight excluding hydrogens is 178 g/mol. The second kappa shape index (κ2) is 3.77. The van der Waals surface area contributed by atoms with Gasteiger partial charge in [0.1, 0.15) is 0 Å². The molecule has 0 aromatic carbocycles. The molecule has 4 nitrogen and oxygen atoms in total. The number of guanidine groups is 1. The van der Waals surface area contributed by atoms with Gasteiger partial charge in [0.15, 0.2) is 0 Å². The van der Waals surface area contributed by atoms with Crippen LogP contribution in [0.3, 0.4) is 0 Å². The first-order chi connectivity index (χ1) is 6.29. The van der Waals surface area contributed by atoms with Crippen LogP contribution in [0.2, 0.25) is 0 Å². The third-order valence-corrected chi connectivity index (χ3v) is 1.85. The zero-order chi connectivity index (χ0) is 10.8. The van der Waals surface area contributed by atoms with Gasteiger partial charge in [-0.3, -0.25) is 9.83 Å². The molecule has 14 heavy (non-hydrogen) atoms. The van der Waals surface area contributed by atoms with Gasteiger partial charge in [0, 0.05) is 18.5 Å². The summed E-state index contributed by atoms with van der Waals surface area (Å²) in [6, 6.07) is 0. The van der Waals surface area contributed by atoms with Crippen molar-refractivity contribution < 1.29 is 4.84 Å². The lowest BCUT2D eigenvalue weighted by molar-refractivity contribution is -0.0446. The Labute approximate surface area is 86.1 Å². The van der Waals surface area contributed by atoms with E-state index in [-0.39, 0.29) is 11.0 Å². The first-order valence-corrected chi connectivity index (χ1v) is 5.01. The molecule has 0 bridgehead atoms. The minimum absolute atomic E-state index is 0.197. The molecule has 0 unspecified atom stereocenters. The summed E-state index contributed by atoms with van der Waals surface area (Å²) in [5, 5.41) is 3.20. The second-order valence-electron chi connectivity index (χ2n) is 5.50. The van der Waals surface area contributed by atoms with Crippen molar-refractivity contribution in [3.05, 3.63) is 0 Å². The van der Waals surface area contributed by atoms with Crippen LogP contribution >= 0.6 is 0 Å². The largest absolute Gasteiger partial charge is 0.354 e. The molecule has 2 N–H and O–H groups in total. The molecular formula is C10H21N3O. The Morgan fingerprint density at radius 2 is 2.07 bits per heavy atom. The van der Waals surface area contributed by atoms with Gasteiger partial charge in [-0.25, -0.2) is 5.48 Å². The molecule has 0 saturated carbocycles. The minimum Gasteiger partial charge on any atom is -0.354 e. The smallest absolute Gasteiger partial charge is 0.215 e. The predicted octanol–water partition coefficient (Wildman–Crippen LogP) is 1.29. The molecule has 0 fully saturated rings. The standard InChI is InChI=1S/C10H21N3O/c1-9(2,3)14-13-8-11-6-10(4,5)7-12-8/h6-7H2,1-5H3,(H2,11,12,13). The quantitative estimate of drug-likeness (QED) is 0.626. The van der Waals surface area contributed by atoms with Crippen molar-refractivity contribution in [2.24, 2.45) is 10.4 Å². The van der Waals surface area contributed by atoms with Gasteiger partial charge < -0.3 is 5.32 Å². The van der Waals surface area contributed by atoms with Crippen LogP contribution in [0, 0.1) is 5.41 Å². The zero-order valence-electron chi connectivity index (χ0n) is 9.77. The maximum Gasteiger partial charge on any atom is 0.215 e. The van der Waals surface area contributed by atoms with Crippen LogP contribution in [-0.2, 0) is 4.84 Å². The predicted molar refractivity (Wildman–Crippen MR) is 58.1 cm³/mol. The Morgan fingerprint density at radius 1 is 1.43 bits per heavy atom. The van der Waals surface area contributed by atoms with Crippen LogP contribution in [-0.4, -0.2) is 24.7 Å². The van der Waals surface area contributed by atoms with Gasteiger partial charge in [-0.05, 0) is 20.8 Å². The van der Waals surface area contributed by atoms with Crippen molar-refractivity contribution >= 4 is 5.96 Å². The molecule has 82 valence electrons. The van der Waals surface area contributed by atoms with Crippen molar-refractivity contribution in [3.63, 3.8) is 0 Å². The maximum atomic E-state index is 5.39. The summed E-state index contributed by atoms with van der Waals surface area (Å²) in [6.07, 6.45) is 0. The monoisotopic (exact) mass is 199 g/mol. The Bertz CT molecular complexity index is 228. The summed E-state index contributed by atoms with van der Waals surface area (Å²) in [5.41, 5.74) is 2.88. The van der Waals surface area contributed by atoms with E-state index < -0.39 is 0 Å². The average molecular weight is 199 g/mol. The molecule has 1 aliphatic heterocycles.